The van der Waals surface area contributed by atoms with Crippen LogP contribution in [-0.4, -0.2) is 60.1 Å². The number of carbonyl (C=O) groups is 1. The van der Waals surface area contributed by atoms with Crippen LogP contribution >= 0.6 is 0 Å². The maximum Gasteiger partial charge on any atom is 0.254 e. The number of carbonyl (C=O) groups excluding carboxylic acids is 1. The summed E-state index contributed by atoms with van der Waals surface area (Å²) in [5, 5.41) is 18.6. The van der Waals surface area contributed by atoms with Gasteiger partial charge in [-0.05, 0) is 62.4 Å². The fraction of sp³-hybridized carbons (Fsp3) is 0.579. The standard InChI is InChI=1S/C19H24FN3O2/c20-18-7-14(9-21)6-17(8-18)19(25)23-11-15(5-16(12-23)13-24)10-22-3-1-2-4-22/h6-8,15-16,24H,1-5,10-13H2/t15-,16-/m1/s1. The van der Waals surface area contributed by atoms with E-state index in [1.54, 1.807) is 4.90 Å². The minimum absolute atomic E-state index is 0.0485. The smallest absolute Gasteiger partial charge is 0.254 e. The highest BCUT2D eigenvalue weighted by molar-refractivity contribution is 5.94. The summed E-state index contributed by atoms with van der Waals surface area (Å²) in [5.41, 5.74) is 0.350. The number of hydrogen-bond donors (Lipinski definition) is 1. The number of amides is 1. The quantitative estimate of drug-likeness (QED) is 0.904. The van der Waals surface area contributed by atoms with Crippen molar-refractivity contribution < 1.29 is 14.3 Å². The lowest BCUT2D eigenvalue weighted by molar-refractivity contribution is 0.0465. The first-order valence-corrected chi connectivity index (χ1v) is 8.92. The summed E-state index contributed by atoms with van der Waals surface area (Å²) in [4.78, 5) is 16.9. The van der Waals surface area contributed by atoms with Gasteiger partial charge in [0, 0.05) is 31.8 Å². The molecule has 0 aromatic heterocycles. The van der Waals surface area contributed by atoms with Gasteiger partial charge in [-0.1, -0.05) is 0 Å². The predicted molar refractivity (Wildman–Crippen MR) is 91.4 cm³/mol. The second-order valence-electron chi connectivity index (χ2n) is 7.21. The molecule has 1 aromatic carbocycles. The summed E-state index contributed by atoms with van der Waals surface area (Å²) in [5.74, 6) is -0.474. The number of aliphatic hydroxyl groups is 1. The summed E-state index contributed by atoms with van der Waals surface area (Å²) in [6.07, 6.45) is 3.35. The molecule has 6 heteroatoms. The second-order valence-corrected chi connectivity index (χ2v) is 7.21. The van der Waals surface area contributed by atoms with E-state index in [1.165, 1.54) is 25.0 Å². The van der Waals surface area contributed by atoms with Crippen LogP contribution in [0.15, 0.2) is 18.2 Å². The molecule has 0 aliphatic carbocycles. The zero-order valence-corrected chi connectivity index (χ0v) is 14.3. The van der Waals surface area contributed by atoms with Crippen LogP contribution in [0.25, 0.3) is 0 Å². The fourth-order valence-corrected chi connectivity index (χ4v) is 4.04. The summed E-state index contributed by atoms with van der Waals surface area (Å²) >= 11 is 0. The van der Waals surface area contributed by atoms with E-state index in [9.17, 15) is 14.3 Å². The number of halogens is 1. The van der Waals surface area contributed by atoms with Crippen molar-refractivity contribution in [2.24, 2.45) is 11.8 Å². The Morgan fingerprint density at radius 2 is 1.96 bits per heavy atom. The highest BCUT2D eigenvalue weighted by Gasteiger charge is 2.31. The minimum atomic E-state index is -0.577. The zero-order chi connectivity index (χ0) is 17.8. The monoisotopic (exact) mass is 345 g/mol. The summed E-state index contributed by atoms with van der Waals surface area (Å²) in [6.45, 7) is 4.28. The Bertz CT molecular complexity index is 667. The number of rotatable bonds is 4. The Hall–Kier alpha value is -1.97. The fourth-order valence-electron chi connectivity index (χ4n) is 4.04. The Morgan fingerprint density at radius 1 is 1.24 bits per heavy atom. The first-order chi connectivity index (χ1) is 12.1. The van der Waals surface area contributed by atoms with E-state index >= 15 is 0 Å². The number of benzene rings is 1. The lowest BCUT2D eigenvalue weighted by Crippen LogP contribution is -2.47. The van der Waals surface area contributed by atoms with Crippen molar-refractivity contribution >= 4 is 5.91 Å². The number of likely N-dealkylation sites (tertiary alicyclic amines) is 2. The number of piperidine rings is 1. The van der Waals surface area contributed by atoms with E-state index in [0.717, 1.165) is 32.1 Å². The van der Waals surface area contributed by atoms with E-state index in [-0.39, 0.29) is 29.6 Å². The Labute approximate surface area is 147 Å². The van der Waals surface area contributed by atoms with E-state index < -0.39 is 5.82 Å². The Kier molecular flexibility index (Phi) is 5.67. The maximum absolute atomic E-state index is 13.7. The number of nitriles is 1. The van der Waals surface area contributed by atoms with Crippen molar-refractivity contribution in [2.45, 2.75) is 19.3 Å². The van der Waals surface area contributed by atoms with Gasteiger partial charge >= 0.3 is 0 Å². The highest BCUT2D eigenvalue weighted by Crippen LogP contribution is 2.25. The molecule has 1 aromatic rings. The first kappa shape index (κ1) is 17.8. The van der Waals surface area contributed by atoms with Crippen molar-refractivity contribution in [2.75, 3.05) is 39.3 Å². The van der Waals surface area contributed by atoms with Crippen molar-refractivity contribution in [3.05, 3.63) is 35.1 Å². The van der Waals surface area contributed by atoms with Gasteiger partial charge in [0.25, 0.3) is 5.91 Å². The SMILES string of the molecule is N#Cc1cc(F)cc(C(=O)N2C[C@H](CO)C[C@H](CN3CCCC3)C2)c1. The van der Waals surface area contributed by atoms with Gasteiger partial charge in [0.15, 0.2) is 0 Å². The largest absolute Gasteiger partial charge is 0.396 e. The van der Waals surface area contributed by atoms with Crippen LogP contribution < -0.4 is 0 Å². The number of aliphatic hydroxyl groups excluding tert-OH is 1. The molecule has 3 rings (SSSR count). The molecule has 0 saturated carbocycles. The summed E-state index contributed by atoms with van der Waals surface area (Å²) < 4.78 is 13.7. The average molecular weight is 345 g/mol. The van der Waals surface area contributed by atoms with Crippen LogP contribution in [0.2, 0.25) is 0 Å². The van der Waals surface area contributed by atoms with Gasteiger partial charge < -0.3 is 14.9 Å². The molecule has 5 nitrogen and oxygen atoms in total. The lowest BCUT2D eigenvalue weighted by atomic mass is 9.88. The minimum Gasteiger partial charge on any atom is -0.396 e. The Morgan fingerprint density at radius 3 is 2.64 bits per heavy atom. The summed E-state index contributed by atoms with van der Waals surface area (Å²) in [6, 6.07) is 5.63. The van der Waals surface area contributed by atoms with Crippen LogP contribution in [0, 0.1) is 29.0 Å². The van der Waals surface area contributed by atoms with Crippen LogP contribution in [0.5, 0.6) is 0 Å². The van der Waals surface area contributed by atoms with Gasteiger partial charge in [0.05, 0.1) is 11.6 Å². The molecule has 2 atom stereocenters. The molecule has 2 fully saturated rings. The number of nitrogens with zero attached hydrogens (tertiary/aromatic N) is 3. The maximum atomic E-state index is 13.7. The van der Waals surface area contributed by atoms with Gasteiger partial charge in [0.1, 0.15) is 5.82 Å². The first-order valence-electron chi connectivity index (χ1n) is 8.92. The molecule has 134 valence electrons. The highest BCUT2D eigenvalue weighted by atomic mass is 19.1. The normalized spacial score (nSPS) is 24.3. The van der Waals surface area contributed by atoms with E-state index in [2.05, 4.69) is 4.90 Å². The average Bonchev–Trinajstić information content (AvgIpc) is 3.13. The predicted octanol–water partition coefficient (Wildman–Crippen LogP) is 1.86. The van der Waals surface area contributed by atoms with Gasteiger partial charge in [-0.3, -0.25) is 4.79 Å². The van der Waals surface area contributed by atoms with Gasteiger partial charge in [-0.25, -0.2) is 4.39 Å². The van der Waals surface area contributed by atoms with E-state index in [0.29, 0.717) is 19.0 Å². The molecule has 0 bridgehead atoms. The third-order valence-electron chi connectivity index (χ3n) is 5.16. The number of hydrogen-bond acceptors (Lipinski definition) is 4. The van der Waals surface area contributed by atoms with E-state index in [1.807, 2.05) is 6.07 Å². The zero-order valence-electron chi connectivity index (χ0n) is 14.3. The molecule has 2 aliphatic rings. The van der Waals surface area contributed by atoms with Crippen molar-refractivity contribution in [3.63, 3.8) is 0 Å². The molecular weight excluding hydrogens is 321 g/mol. The molecule has 0 spiro atoms. The molecule has 2 aliphatic heterocycles. The molecule has 2 heterocycles. The van der Waals surface area contributed by atoms with Crippen molar-refractivity contribution in [1.82, 2.24) is 9.80 Å². The molecule has 25 heavy (non-hydrogen) atoms. The van der Waals surface area contributed by atoms with Gasteiger partial charge in [-0.2, -0.15) is 5.26 Å². The van der Waals surface area contributed by atoms with Crippen molar-refractivity contribution in [3.8, 4) is 6.07 Å². The second kappa shape index (κ2) is 7.94. The van der Waals surface area contributed by atoms with Crippen LogP contribution in [-0.2, 0) is 0 Å². The van der Waals surface area contributed by atoms with Gasteiger partial charge in [-0.15, -0.1) is 0 Å². The molecular formula is C19H24FN3O2. The van der Waals surface area contributed by atoms with E-state index in [4.69, 9.17) is 5.26 Å². The summed E-state index contributed by atoms with van der Waals surface area (Å²) in [7, 11) is 0. The van der Waals surface area contributed by atoms with Crippen LogP contribution in [0.1, 0.15) is 35.2 Å². The molecule has 1 N–H and O–H groups in total. The van der Waals surface area contributed by atoms with Gasteiger partial charge in [0.2, 0.25) is 0 Å². The lowest BCUT2D eigenvalue weighted by Gasteiger charge is -2.38. The Balaban J connectivity index is 1.73. The molecule has 0 radical (unpaired) electrons. The van der Waals surface area contributed by atoms with Crippen LogP contribution in [0.3, 0.4) is 0 Å². The third kappa shape index (κ3) is 4.36. The molecule has 0 unspecified atom stereocenters. The van der Waals surface area contributed by atoms with Crippen LogP contribution in [0.4, 0.5) is 4.39 Å². The molecule has 1 amide bonds. The molecule has 2 saturated heterocycles. The topological polar surface area (TPSA) is 67.6 Å². The third-order valence-corrected chi connectivity index (χ3v) is 5.16. The van der Waals surface area contributed by atoms with Crippen molar-refractivity contribution in [1.29, 1.82) is 5.26 Å².